The molecule has 1 aromatic heterocycles. The van der Waals surface area contributed by atoms with E-state index in [1.807, 2.05) is 62.4 Å². The SMILES string of the molecule is Cc1ccc(-c2noc(CN(C)S(=O)(=O)Cc3ccccc3C)n2)cc1. The largest absolute Gasteiger partial charge is 0.338 e. The van der Waals surface area contributed by atoms with E-state index in [9.17, 15) is 8.42 Å². The van der Waals surface area contributed by atoms with Crippen LogP contribution in [0.4, 0.5) is 0 Å². The first-order valence-corrected chi connectivity index (χ1v) is 9.84. The number of aryl methyl sites for hydroxylation is 2. The van der Waals surface area contributed by atoms with Crippen molar-refractivity contribution < 1.29 is 12.9 Å². The Bertz CT molecular complexity index is 995. The van der Waals surface area contributed by atoms with Crippen LogP contribution in [0.1, 0.15) is 22.6 Å². The van der Waals surface area contributed by atoms with Crippen molar-refractivity contribution in [2.75, 3.05) is 7.05 Å². The van der Waals surface area contributed by atoms with Gasteiger partial charge in [0.1, 0.15) is 0 Å². The fraction of sp³-hybridized carbons (Fsp3) is 0.263. The molecule has 6 nitrogen and oxygen atoms in total. The Balaban J connectivity index is 1.72. The summed E-state index contributed by atoms with van der Waals surface area (Å²) in [5.41, 5.74) is 3.70. The monoisotopic (exact) mass is 371 g/mol. The van der Waals surface area contributed by atoms with Gasteiger partial charge in [0.15, 0.2) is 0 Å². The molecule has 0 saturated heterocycles. The minimum atomic E-state index is -3.49. The second-order valence-corrected chi connectivity index (χ2v) is 8.39. The summed E-state index contributed by atoms with van der Waals surface area (Å²) in [4.78, 5) is 4.30. The summed E-state index contributed by atoms with van der Waals surface area (Å²) in [5.74, 6) is 0.649. The van der Waals surface area contributed by atoms with E-state index in [-0.39, 0.29) is 18.2 Å². The molecule has 0 unspecified atom stereocenters. The third-order valence-corrected chi connectivity index (χ3v) is 5.96. The second-order valence-electron chi connectivity index (χ2n) is 6.32. The molecular formula is C19H21N3O3S. The predicted octanol–water partition coefficient (Wildman–Crippen LogP) is 3.32. The summed E-state index contributed by atoms with van der Waals surface area (Å²) in [7, 11) is -1.97. The first-order valence-electron chi connectivity index (χ1n) is 8.23. The van der Waals surface area contributed by atoms with Gasteiger partial charge in [0.2, 0.25) is 21.7 Å². The van der Waals surface area contributed by atoms with Gasteiger partial charge in [0, 0.05) is 12.6 Å². The Morgan fingerprint density at radius 1 is 1.04 bits per heavy atom. The molecule has 0 spiro atoms. The molecule has 136 valence electrons. The molecule has 2 aromatic carbocycles. The Hall–Kier alpha value is -2.51. The molecule has 0 atom stereocenters. The van der Waals surface area contributed by atoms with Gasteiger partial charge in [-0.15, -0.1) is 0 Å². The third-order valence-electron chi connectivity index (χ3n) is 4.21. The molecule has 3 rings (SSSR count). The molecule has 3 aromatic rings. The van der Waals surface area contributed by atoms with Crippen LogP contribution >= 0.6 is 0 Å². The number of hydrogen-bond acceptors (Lipinski definition) is 5. The maximum Gasteiger partial charge on any atom is 0.242 e. The maximum atomic E-state index is 12.6. The summed E-state index contributed by atoms with van der Waals surface area (Å²) in [6, 6.07) is 15.2. The van der Waals surface area contributed by atoms with Crippen molar-refractivity contribution in [1.29, 1.82) is 0 Å². The van der Waals surface area contributed by atoms with Gasteiger partial charge >= 0.3 is 0 Å². The fourth-order valence-corrected chi connectivity index (χ4v) is 3.75. The van der Waals surface area contributed by atoms with Crippen LogP contribution in [0.3, 0.4) is 0 Å². The van der Waals surface area contributed by atoms with Crippen LogP contribution < -0.4 is 0 Å². The van der Waals surface area contributed by atoms with Gasteiger partial charge in [-0.3, -0.25) is 0 Å². The minimum Gasteiger partial charge on any atom is -0.338 e. The van der Waals surface area contributed by atoms with Crippen LogP contribution in [0, 0.1) is 13.8 Å². The van der Waals surface area contributed by atoms with E-state index in [0.29, 0.717) is 5.82 Å². The number of benzene rings is 2. The minimum absolute atomic E-state index is 0.0348. The topological polar surface area (TPSA) is 76.3 Å². The Labute approximate surface area is 153 Å². The number of sulfonamides is 1. The third kappa shape index (κ3) is 4.17. The van der Waals surface area contributed by atoms with E-state index >= 15 is 0 Å². The smallest absolute Gasteiger partial charge is 0.242 e. The zero-order valence-electron chi connectivity index (χ0n) is 15.0. The van der Waals surface area contributed by atoms with Crippen LogP contribution in [-0.2, 0) is 22.3 Å². The van der Waals surface area contributed by atoms with Crippen LogP contribution in [0.25, 0.3) is 11.4 Å². The van der Waals surface area contributed by atoms with Crippen molar-refractivity contribution in [3.8, 4) is 11.4 Å². The molecule has 26 heavy (non-hydrogen) atoms. The van der Waals surface area contributed by atoms with Crippen molar-refractivity contribution >= 4 is 10.0 Å². The van der Waals surface area contributed by atoms with E-state index in [2.05, 4.69) is 10.1 Å². The molecule has 7 heteroatoms. The lowest BCUT2D eigenvalue weighted by molar-refractivity contribution is 0.336. The van der Waals surface area contributed by atoms with E-state index < -0.39 is 10.0 Å². The summed E-state index contributed by atoms with van der Waals surface area (Å²) in [6.45, 7) is 3.93. The van der Waals surface area contributed by atoms with Gasteiger partial charge < -0.3 is 4.52 Å². The van der Waals surface area contributed by atoms with Crippen LogP contribution in [0.5, 0.6) is 0 Å². The first kappa shape index (κ1) is 18.3. The van der Waals surface area contributed by atoms with E-state index in [0.717, 1.165) is 22.3 Å². The standard InChI is InChI=1S/C19H21N3O3S/c1-14-8-10-16(11-9-14)19-20-18(25-21-19)12-22(3)26(23,24)13-17-7-5-4-6-15(17)2/h4-11H,12-13H2,1-3H3. The Kier molecular flexibility index (Phi) is 5.20. The second kappa shape index (κ2) is 7.39. The average molecular weight is 371 g/mol. The Morgan fingerprint density at radius 3 is 2.42 bits per heavy atom. The predicted molar refractivity (Wildman–Crippen MR) is 99.7 cm³/mol. The molecule has 0 radical (unpaired) electrons. The molecule has 0 saturated carbocycles. The molecule has 0 fully saturated rings. The number of aromatic nitrogens is 2. The van der Waals surface area contributed by atoms with Crippen molar-refractivity contribution in [2.24, 2.45) is 0 Å². The van der Waals surface area contributed by atoms with Crippen molar-refractivity contribution in [2.45, 2.75) is 26.1 Å². The van der Waals surface area contributed by atoms with Crippen molar-refractivity contribution in [3.05, 3.63) is 71.1 Å². The lowest BCUT2D eigenvalue weighted by atomic mass is 10.1. The highest BCUT2D eigenvalue weighted by Crippen LogP contribution is 2.19. The van der Waals surface area contributed by atoms with Crippen molar-refractivity contribution in [1.82, 2.24) is 14.4 Å². The molecule has 1 heterocycles. The van der Waals surface area contributed by atoms with Gasteiger partial charge in [-0.25, -0.2) is 8.42 Å². The summed E-state index contributed by atoms with van der Waals surface area (Å²) in [5, 5.41) is 3.94. The Morgan fingerprint density at radius 2 is 1.73 bits per heavy atom. The van der Waals surface area contributed by atoms with Crippen LogP contribution in [-0.4, -0.2) is 29.9 Å². The van der Waals surface area contributed by atoms with E-state index in [1.54, 1.807) is 0 Å². The highest BCUT2D eigenvalue weighted by molar-refractivity contribution is 7.88. The highest BCUT2D eigenvalue weighted by atomic mass is 32.2. The quantitative estimate of drug-likeness (QED) is 0.664. The molecule has 0 aliphatic carbocycles. The van der Waals surface area contributed by atoms with Gasteiger partial charge in [-0.2, -0.15) is 9.29 Å². The fourth-order valence-electron chi connectivity index (χ4n) is 2.51. The van der Waals surface area contributed by atoms with E-state index in [1.165, 1.54) is 11.4 Å². The average Bonchev–Trinajstić information content (AvgIpc) is 3.06. The normalized spacial score (nSPS) is 11.8. The van der Waals surface area contributed by atoms with Crippen LogP contribution in [0.15, 0.2) is 53.1 Å². The van der Waals surface area contributed by atoms with Crippen LogP contribution in [0.2, 0.25) is 0 Å². The molecule has 0 bridgehead atoms. The molecule has 0 aliphatic heterocycles. The molecule has 0 amide bonds. The van der Waals surface area contributed by atoms with Crippen molar-refractivity contribution in [3.63, 3.8) is 0 Å². The molecule has 0 aliphatic rings. The lowest BCUT2D eigenvalue weighted by Crippen LogP contribution is -2.28. The molecule has 0 N–H and O–H groups in total. The summed E-state index contributed by atoms with van der Waals surface area (Å²) >= 11 is 0. The summed E-state index contributed by atoms with van der Waals surface area (Å²) < 4.78 is 31.7. The zero-order valence-corrected chi connectivity index (χ0v) is 15.8. The van der Waals surface area contributed by atoms with Gasteiger partial charge in [-0.05, 0) is 25.0 Å². The number of rotatable bonds is 6. The number of hydrogen-bond donors (Lipinski definition) is 0. The van der Waals surface area contributed by atoms with E-state index in [4.69, 9.17) is 4.52 Å². The summed E-state index contributed by atoms with van der Waals surface area (Å²) in [6.07, 6.45) is 0. The lowest BCUT2D eigenvalue weighted by Gasteiger charge is -2.15. The first-order chi connectivity index (χ1) is 12.3. The van der Waals surface area contributed by atoms with Gasteiger partial charge in [-0.1, -0.05) is 59.3 Å². The van der Waals surface area contributed by atoms with Gasteiger partial charge in [0.25, 0.3) is 0 Å². The van der Waals surface area contributed by atoms with Gasteiger partial charge in [0.05, 0.1) is 12.3 Å². The zero-order chi connectivity index (χ0) is 18.7. The molecular weight excluding hydrogens is 350 g/mol. The maximum absolute atomic E-state index is 12.6. The number of nitrogens with zero attached hydrogens (tertiary/aromatic N) is 3. The highest BCUT2D eigenvalue weighted by Gasteiger charge is 2.22.